The van der Waals surface area contributed by atoms with E-state index in [0.29, 0.717) is 6.04 Å². The predicted molar refractivity (Wildman–Crippen MR) is 62.9 cm³/mol. The molecular weight excluding hydrogens is 184 g/mol. The first-order valence-corrected chi connectivity index (χ1v) is 5.82. The summed E-state index contributed by atoms with van der Waals surface area (Å²) in [5.41, 5.74) is 3.66. The summed E-state index contributed by atoms with van der Waals surface area (Å²) in [5, 5.41) is 3.41. The summed E-state index contributed by atoms with van der Waals surface area (Å²) in [4.78, 5) is 4.53. The molecule has 2 heteroatoms. The fourth-order valence-electron chi connectivity index (χ4n) is 2.15. The van der Waals surface area contributed by atoms with E-state index in [-0.39, 0.29) is 0 Å². The molecule has 0 aromatic carbocycles. The molecule has 1 N–H and O–H groups in total. The average molecular weight is 204 g/mol. The van der Waals surface area contributed by atoms with Crippen molar-refractivity contribution in [3.05, 3.63) is 29.1 Å². The van der Waals surface area contributed by atoms with Crippen LogP contribution in [0.15, 0.2) is 12.1 Å². The number of nitrogens with one attached hydrogen (secondary N) is 1. The Kier molecular flexibility index (Phi) is 3.06. The first-order chi connectivity index (χ1) is 7.20. The van der Waals surface area contributed by atoms with Crippen LogP contribution in [0.3, 0.4) is 0 Å². The smallest absolute Gasteiger partial charge is 0.0423 e. The first-order valence-electron chi connectivity index (χ1n) is 5.82. The Hall–Kier alpha value is -0.890. The van der Waals surface area contributed by atoms with Gasteiger partial charge in [0.1, 0.15) is 0 Å². The molecule has 1 aliphatic carbocycles. The van der Waals surface area contributed by atoms with E-state index < -0.39 is 0 Å². The minimum absolute atomic E-state index is 0.491. The van der Waals surface area contributed by atoms with Crippen molar-refractivity contribution in [2.24, 2.45) is 5.92 Å². The van der Waals surface area contributed by atoms with E-state index >= 15 is 0 Å². The third kappa shape index (κ3) is 2.57. The van der Waals surface area contributed by atoms with Crippen molar-refractivity contribution in [2.75, 3.05) is 7.05 Å². The Morgan fingerprint density at radius 3 is 2.67 bits per heavy atom. The van der Waals surface area contributed by atoms with E-state index in [4.69, 9.17) is 0 Å². The van der Waals surface area contributed by atoms with Gasteiger partial charge in [-0.25, -0.2) is 0 Å². The van der Waals surface area contributed by atoms with E-state index in [9.17, 15) is 0 Å². The minimum atomic E-state index is 0.491. The number of aryl methyl sites for hydroxylation is 2. The van der Waals surface area contributed by atoms with Gasteiger partial charge in [-0.05, 0) is 44.9 Å². The van der Waals surface area contributed by atoms with Crippen molar-refractivity contribution in [3.63, 3.8) is 0 Å². The summed E-state index contributed by atoms with van der Waals surface area (Å²) in [6.45, 7) is 4.16. The molecule has 1 unspecified atom stereocenters. The molecule has 2 nitrogen and oxygen atoms in total. The summed E-state index contributed by atoms with van der Waals surface area (Å²) in [7, 11) is 2.05. The van der Waals surface area contributed by atoms with Crippen LogP contribution >= 0.6 is 0 Å². The number of aromatic nitrogens is 1. The van der Waals surface area contributed by atoms with Gasteiger partial charge < -0.3 is 5.32 Å². The van der Waals surface area contributed by atoms with E-state index in [1.54, 1.807) is 0 Å². The molecular formula is C13H20N2. The maximum Gasteiger partial charge on any atom is 0.0423 e. The highest BCUT2D eigenvalue weighted by Gasteiger charge is 2.26. The molecule has 1 atom stereocenters. The first kappa shape index (κ1) is 10.6. The zero-order valence-electron chi connectivity index (χ0n) is 9.88. The van der Waals surface area contributed by atoms with Gasteiger partial charge in [0.2, 0.25) is 0 Å². The molecule has 1 fully saturated rings. The summed E-state index contributed by atoms with van der Waals surface area (Å²) in [6, 6.07) is 4.83. The SMILES string of the molecule is CNC(CC1CC1)c1ccc(C)nc1C. The lowest BCUT2D eigenvalue weighted by Gasteiger charge is -2.18. The summed E-state index contributed by atoms with van der Waals surface area (Å²) >= 11 is 0. The van der Waals surface area contributed by atoms with Crippen molar-refractivity contribution in [3.8, 4) is 0 Å². The Morgan fingerprint density at radius 1 is 1.40 bits per heavy atom. The molecule has 1 heterocycles. The van der Waals surface area contributed by atoms with Gasteiger partial charge >= 0.3 is 0 Å². The molecule has 0 radical (unpaired) electrons. The predicted octanol–water partition coefficient (Wildman–Crippen LogP) is 2.76. The highest BCUT2D eigenvalue weighted by molar-refractivity contribution is 5.25. The van der Waals surface area contributed by atoms with Crippen molar-refractivity contribution >= 4 is 0 Å². The van der Waals surface area contributed by atoms with Gasteiger partial charge in [-0.2, -0.15) is 0 Å². The lowest BCUT2D eigenvalue weighted by molar-refractivity contribution is 0.510. The largest absolute Gasteiger partial charge is 0.313 e. The van der Waals surface area contributed by atoms with Crippen LogP contribution in [0.5, 0.6) is 0 Å². The van der Waals surface area contributed by atoms with Crippen LogP contribution in [0.4, 0.5) is 0 Å². The topological polar surface area (TPSA) is 24.9 Å². The second kappa shape index (κ2) is 4.31. The molecule has 0 aliphatic heterocycles. The van der Waals surface area contributed by atoms with Gasteiger partial charge in [-0.1, -0.05) is 18.9 Å². The van der Waals surface area contributed by atoms with Gasteiger partial charge in [-0.3, -0.25) is 4.98 Å². The third-order valence-corrected chi connectivity index (χ3v) is 3.26. The fraction of sp³-hybridized carbons (Fsp3) is 0.615. The van der Waals surface area contributed by atoms with E-state index in [1.165, 1.54) is 30.5 Å². The Morgan fingerprint density at radius 2 is 2.13 bits per heavy atom. The Labute approximate surface area is 92.1 Å². The molecule has 0 saturated heterocycles. The van der Waals surface area contributed by atoms with Crippen molar-refractivity contribution in [2.45, 2.75) is 39.2 Å². The second-order valence-corrected chi connectivity index (χ2v) is 4.65. The second-order valence-electron chi connectivity index (χ2n) is 4.65. The molecule has 0 spiro atoms. The van der Waals surface area contributed by atoms with Crippen LogP contribution in [0.25, 0.3) is 0 Å². The van der Waals surface area contributed by atoms with Crippen molar-refractivity contribution in [1.29, 1.82) is 0 Å². The van der Waals surface area contributed by atoms with Gasteiger partial charge in [0.25, 0.3) is 0 Å². The standard InChI is InChI=1S/C13H20N2/c1-9-4-7-12(10(2)15-9)13(14-3)8-11-5-6-11/h4,7,11,13-14H,5-6,8H2,1-3H3. The molecule has 82 valence electrons. The lowest BCUT2D eigenvalue weighted by Crippen LogP contribution is -2.18. The molecule has 2 rings (SSSR count). The summed E-state index contributed by atoms with van der Waals surface area (Å²) in [5.74, 6) is 0.947. The molecule has 1 saturated carbocycles. The number of nitrogens with zero attached hydrogens (tertiary/aromatic N) is 1. The van der Waals surface area contributed by atoms with Crippen LogP contribution in [-0.4, -0.2) is 12.0 Å². The number of pyridine rings is 1. The van der Waals surface area contributed by atoms with Crippen LogP contribution in [-0.2, 0) is 0 Å². The monoisotopic (exact) mass is 204 g/mol. The fourth-order valence-corrected chi connectivity index (χ4v) is 2.15. The maximum absolute atomic E-state index is 4.53. The highest BCUT2D eigenvalue weighted by atomic mass is 14.9. The van der Waals surface area contributed by atoms with Gasteiger partial charge in [0.15, 0.2) is 0 Å². The van der Waals surface area contributed by atoms with E-state index in [0.717, 1.165) is 11.6 Å². The van der Waals surface area contributed by atoms with Gasteiger partial charge in [-0.15, -0.1) is 0 Å². The average Bonchev–Trinajstić information content (AvgIpc) is 2.99. The number of rotatable bonds is 4. The van der Waals surface area contributed by atoms with E-state index in [2.05, 4.69) is 29.4 Å². The Balaban J connectivity index is 2.16. The summed E-state index contributed by atoms with van der Waals surface area (Å²) in [6.07, 6.45) is 4.09. The summed E-state index contributed by atoms with van der Waals surface area (Å²) < 4.78 is 0. The minimum Gasteiger partial charge on any atom is -0.313 e. The zero-order valence-corrected chi connectivity index (χ0v) is 9.88. The highest BCUT2D eigenvalue weighted by Crippen LogP contribution is 2.37. The quantitative estimate of drug-likeness (QED) is 0.815. The van der Waals surface area contributed by atoms with Crippen molar-refractivity contribution in [1.82, 2.24) is 10.3 Å². The van der Waals surface area contributed by atoms with Gasteiger partial charge in [0, 0.05) is 17.4 Å². The van der Waals surface area contributed by atoms with Crippen LogP contribution < -0.4 is 5.32 Å². The molecule has 1 aromatic rings. The van der Waals surface area contributed by atoms with Crippen LogP contribution in [0, 0.1) is 19.8 Å². The molecule has 0 bridgehead atoms. The Bertz CT molecular complexity index is 342. The number of hydrogen-bond donors (Lipinski definition) is 1. The van der Waals surface area contributed by atoms with Crippen LogP contribution in [0.2, 0.25) is 0 Å². The van der Waals surface area contributed by atoms with Crippen molar-refractivity contribution < 1.29 is 0 Å². The molecule has 1 aromatic heterocycles. The zero-order chi connectivity index (χ0) is 10.8. The number of hydrogen-bond acceptors (Lipinski definition) is 2. The normalized spacial score (nSPS) is 17.8. The molecule has 0 amide bonds. The maximum atomic E-state index is 4.53. The molecule has 1 aliphatic rings. The lowest BCUT2D eigenvalue weighted by atomic mass is 10.00. The van der Waals surface area contributed by atoms with Crippen LogP contribution in [0.1, 0.15) is 42.3 Å². The van der Waals surface area contributed by atoms with Gasteiger partial charge in [0.05, 0.1) is 0 Å². The third-order valence-electron chi connectivity index (χ3n) is 3.26. The molecule has 15 heavy (non-hydrogen) atoms. The van der Waals surface area contributed by atoms with E-state index in [1.807, 2.05) is 14.0 Å².